The second-order valence-electron chi connectivity index (χ2n) is 15.6. The number of benzene rings is 10. The lowest BCUT2D eigenvalue weighted by Crippen LogP contribution is -1.98. The van der Waals surface area contributed by atoms with Crippen molar-refractivity contribution in [2.75, 3.05) is 0 Å². The van der Waals surface area contributed by atoms with Crippen molar-refractivity contribution in [2.24, 2.45) is 0 Å². The van der Waals surface area contributed by atoms with Gasteiger partial charge in [-0.15, -0.1) is 0 Å². The number of rotatable bonds is 10. The van der Waals surface area contributed by atoms with E-state index in [0.717, 1.165) is 5.56 Å². The molecule has 0 saturated heterocycles. The van der Waals surface area contributed by atoms with Crippen molar-refractivity contribution < 1.29 is 0 Å². The summed E-state index contributed by atoms with van der Waals surface area (Å²) in [4.78, 5) is 0. The maximum absolute atomic E-state index is 2.43. The summed E-state index contributed by atoms with van der Waals surface area (Å²) in [6.07, 6.45) is 0. The molecular weight excluding hydrogens is 745 g/mol. The van der Waals surface area contributed by atoms with Crippen molar-refractivity contribution in [1.82, 2.24) is 0 Å². The zero-order chi connectivity index (χ0) is 41.5. The molecule has 0 spiro atoms. The monoisotopic (exact) mass is 788 g/mol. The van der Waals surface area contributed by atoms with E-state index < -0.39 is 0 Å². The van der Waals surface area contributed by atoms with Gasteiger partial charge in [-0.2, -0.15) is 0 Å². The largest absolute Gasteiger partial charge is 0.0622 e. The highest BCUT2D eigenvalue weighted by molar-refractivity contribution is 6.08. The van der Waals surface area contributed by atoms with Crippen LogP contribution in [0.3, 0.4) is 0 Å². The summed E-state index contributed by atoms with van der Waals surface area (Å²) in [5, 5.41) is 0. The molecule has 0 aromatic heterocycles. The SMILES string of the molecule is c1ccc(C(=C(c2ccccc2)c2ccc(-c3cccc(-c4cc(-c5ccccc5)c(-c5ccccc5)c(-c5ccccc5)c4-c4ccccc4)c3)cc2)c2ccccc2)cc1. The molecule has 0 aliphatic carbocycles. The van der Waals surface area contributed by atoms with Gasteiger partial charge in [-0.05, 0) is 112 Å². The molecule has 0 unspecified atom stereocenters. The van der Waals surface area contributed by atoms with Gasteiger partial charge in [0.1, 0.15) is 0 Å². The minimum Gasteiger partial charge on any atom is -0.0622 e. The van der Waals surface area contributed by atoms with E-state index in [9.17, 15) is 0 Å². The average molecular weight is 789 g/mol. The van der Waals surface area contributed by atoms with Crippen molar-refractivity contribution in [3.8, 4) is 66.8 Å². The Labute approximate surface area is 365 Å². The van der Waals surface area contributed by atoms with Gasteiger partial charge in [0.25, 0.3) is 0 Å². The molecule has 10 rings (SSSR count). The van der Waals surface area contributed by atoms with E-state index in [1.54, 1.807) is 0 Å². The van der Waals surface area contributed by atoms with Crippen LogP contribution in [0.4, 0.5) is 0 Å². The second kappa shape index (κ2) is 17.7. The molecule has 0 fully saturated rings. The third-order valence-electron chi connectivity index (χ3n) is 11.7. The lowest BCUT2D eigenvalue weighted by Gasteiger charge is -2.24. The van der Waals surface area contributed by atoms with Gasteiger partial charge in [0.15, 0.2) is 0 Å². The molecule has 0 aliphatic heterocycles. The van der Waals surface area contributed by atoms with Crippen molar-refractivity contribution in [2.45, 2.75) is 0 Å². The van der Waals surface area contributed by atoms with Crippen LogP contribution in [0, 0.1) is 0 Å². The molecule has 10 aromatic rings. The quantitative estimate of drug-likeness (QED) is 0.121. The Kier molecular flexibility index (Phi) is 10.9. The highest BCUT2D eigenvalue weighted by atomic mass is 14.3. The van der Waals surface area contributed by atoms with E-state index in [0.29, 0.717) is 0 Å². The lowest BCUT2D eigenvalue weighted by molar-refractivity contribution is 1.50. The summed E-state index contributed by atoms with van der Waals surface area (Å²) in [6, 6.07) is 96.6. The van der Waals surface area contributed by atoms with Gasteiger partial charge < -0.3 is 0 Å². The molecule has 0 atom stereocenters. The second-order valence-corrected chi connectivity index (χ2v) is 15.6. The molecule has 0 N–H and O–H groups in total. The van der Waals surface area contributed by atoms with Crippen LogP contribution < -0.4 is 0 Å². The smallest absolute Gasteiger partial charge is 0.00143 e. The third-order valence-corrected chi connectivity index (χ3v) is 11.7. The topological polar surface area (TPSA) is 0 Å². The molecule has 10 aromatic carbocycles. The molecule has 0 nitrogen and oxygen atoms in total. The van der Waals surface area contributed by atoms with E-state index in [4.69, 9.17) is 0 Å². The minimum absolute atomic E-state index is 1.16. The molecule has 0 bridgehead atoms. The Balaban J connectivity index is 1.18. The maximum Gasteiger partial charge on any atom is -0.00143 e. The molecule has 0 heteroatoms. The number of hydrogen-bond donors (Lipinski definition) is 0. The first-order valence-corrected chi connectivity index (χ1v) is 21.3. The van der Waals surface area contributed by atoms with Crippen LogP contribution in [0.2, 0.25) is 0 Å². The summed E-state index contributed by atoms with van der Waals surface area (Å²) in [5.74, 6) is 0. The fourth-order valence-electron chi connectivity index (χ4n) is 8.88. The fraction of sp³-hybridized carbons (Fsp3) is 0. The molecule has 292 valence electrons. The zero-order valence-corrected chi connectivity index (χ0v) is 34.4. The van der Waals surface area contributed by atoms with E-state index in [1.807, 2.05) is 0 Å². The summed E-state index contributed by atoms with van der Waals surface area (Å²) in [6.45, 7) is 0. The summed E-state index contributed by atoms with van der Waals surface area (Å²) in [5.41, 5.74) is 21.4. The first-order chi connectivity index (χ1) is 30.8. The van der Waals surface area contributed by atoms with Crippen molar-refractivity contribution in [3.05, 3.63) is 289 Å². The van der Waals surface area contributed by atoms with E-state index in [1.165, 1.54) is 94.6 Å². The van der Waals surface area contributed by atoms with Crippen LogP contribution in [-0.2, 0) is 0 Å². The molecule has 62 heavy (non-hydrogen) atoms. The van der Waals surface area contributed by atoms with Crippen molar-refractivity contribution in [3.63, 3.8) is 0 Å². The predicted octanol–water partition coefficient (Wildman–Crippen LogP) is 16.7. The van der Waals surface area contributed by atoms with E-state index in [-0.39, 0.29) is 0 Å². The lowest BCUT2D eigenvalue weighted by atomic mass is 9.78. The molecule has 0 heterocycles. The highest BCUT2D eigenvalue weighted by Crippen LogP contribution is 2.50. The Bertz CT molecular complexity index is 3040. The Morgan fingerprint density at radius 1 is 0.177 bits per heavy atom. The zero-order valence-electron chi connectivity index (χ0n) is 34.4. The molecule has 0 radical (unpaired) electrons. The van der Waals surface area contributed by atoms with Crippen LogP contribution in [0.25, 0.3) is 77.9 Å². The van der Waals surface area contributed by atoms with Gasteiger partial charge in [0.05, 0.1) is 0 Å². The van der Waals surface area contributed by atoms with Crippen molar-refractivity contribution in [1.29, 1.82) is 0 Å². The van der Waals surface area contributed by atoms with Crippen LogP contribution in [0.15, 0.2) is 267 Å². The average Bonchev–Trinajstić information content (AvgIpc) is 3.37. The molecule has 0 amide bonds. The first-order valence-electron chi connectivity index (χ1n) is 21.3. The first kappa shape index (κ1) is 38.2. The Morgan fingerprint density at radius 2 is 0.484 bits per heavy atom. The Morgan fingerprint density at radius 3 is 0.903 bits per heavy atom. The standard InChI is InChI=1S/C62H44/c1-8-23-46(24-9-1)56-44-57(61(51-33-18-6-19-34-51)62(52-35-20-7-21-36-52)60(56)50-31-16-5-17-32-50)55-38-22-37-54(43-55)45-39-41-53(42-40-45)59(49-29-14-4-15-30-49)58(47-25-10-2-11-26-47)48-27-12-3-13-28-48/h1-44H. The summed E-state index contributed by atoms with van der Waals surface area (Å²) in [7, 11) is 0. The fourth-order valence-corrected chi connectivity index (χ4v) is 8.88. The van der Waals surface area contributed by atoms with E-state index >= 15 is 0 Å². The predicted molar refractivity (Wildman–Crippen MR) is 263 cm³/mol. The third kappa shape index (κ3) is 7.74. The molecule has 0 aliphatic rings. The minimum atomic E-state index is 1.16. The summed E-state index contributed by atoms with van der Waals surface area (Å²) >= 11 is 0. The van der Waals surface area contributed by atoms with Crippen LogP contribution in [0.1, 0.15) is 22.3 Å². The van der Waals surface area contributed by atoms with Crippen LogP contribution in [0.5, 0.6) is 0 Å². The van der Waals surface area contributed by atoms with Crippen LogP contribution >= 0.6 is 0 Å². The molecule has 0 saturated carbocycles. The van der Waals surface area contributed by atoms with Crippen LogP contribution in [-0.4, -0.2) is 0 Å². The Hall–Kier alpha value is -8.06. The highest BCUT2D eigenvalue weighted by Gasteiger charge is 2.24. The number of hydrogen-bond acceptors (Lipinski definition) is 0. The molecular formula is C62H44. The van der Waals surface area contributed by atoms with Gasteiger partial charge in [-0.3, -0.25) is 0 Å². The van der Waals surface area contributed by atoms with Gasteiger partial charge in [-0.25, -0.2) is 0 Å². The maximum atomic E-state index is 2.43. The van der Waals surface area contributed by atoms with Crippen molar-refractivity contribution >= 4 is 11.1 Å². The van der Waals surface area contributed by atoms with Gasteiger partial charge in [0, 0.05) is 0 Å². The van der Waals surface area contributed by atoms with Gasteiger partial charge in [0.2, 0.25) is 0 Å². The van der Waals surface area contributed by atoms with E-state index in [2.05, 4.69) is 267 Å². The van der Waals surface area contributed by atoms with Gasteiger partial charge in [-0.1, -0.05) is 255 Å². The van der Waals surface area contributed by atoms with Gasteiger partial charge >= 0.3 is 0 Å². The normalized spacial score (nSPS) is 10.9. The summed E-state index contributed by atoms with van der Waals surface area (Å²) < 4.78 is 0.